The van der Waals surface area contributed by atoms with Gasteiger partial charge in [-0.3, -0.25) is 0 Å². The van der Waals surface area contributed by atoms with Crippen LogP contribution in [0.1, 0.15) is 29.7 Å². The molecule has 0 fully saturated rings. The maximum atomic E-state index is 12.9. The molecule has 0 bridgehead atoms. The van der Waals surface area contributed by atoms with E-state index < -0.39 is 10.0 Å². The number of nitrogens with one attached hydrogen (secondary N) is 1. The molecule has 1 atom stereocenters. The zero-order chi connectivity index (χ0) is 18.9. The normalized spacial score (nSPS) is 17.3. The van der Waals surface area contributed by atoms with Crippen LogP contribution in [0, 0.1) is 0 Å². The number of likely N-dealkylation sites (N-methyl/N-ethyl adjacent to an activating group) is 1. The molecule has 1 aromatic heterocycles. The number of aryl methyl sites for hydroxylation is 2. The Kier molecular flexibility index (Phi) is 5.06. The highest BCUT2D eigenvalue weighted by molar-refractivity contribution is 7.89. The minimum atomic E-state index is -3.25. The topological polar surface area (TPSA) is 53.2 Å². The molecule has 1 heterocycles. The van der Waals surface area contributed by atoms with Crippen LogP contribution in [0.25, 0.3) is 10.9 Å². The fraction of sp³-hybridized carbons (Fsp3) is 0.364. The molecular weight excluding hydrogens is 356 g/mol. The number of fused-ring (bicyclic) bond motifs is 3. The van der Waals surface area contributed by atoms with Crippen molar-refractivity contribution >= 4 is 20.9 Å². The molecule has 1 unspecified atom stereocenters. The first-order valence-electron chi connectivity index (χ1n) is 9.63. The van der Waals surface area contributed by atoms with Crippen LogP contribution in [0.15, 0.2) is 54.6 Å². The zero-order valence-corrected chi connectivity index (χ0v) is 16.5. The summed E-state index contributed by atoms with van der Waals surface area (Å²) in [6.45, 7) is 0. The van der Waals surface area contributed by atoms with Crippen molar-refractivity contribution < 1.29 is 8.42 Å². The lowest BCUT2D eigenvalue weighted by Gasteiger charge is -2.30. The second-order valence-electron chi connectivity index (χ2n) is 7.45. The van der Waals surface area contributed by atoms with Gasteiger partial charge in [0.2, 0.25) is 10.0 Å². The molecule has 5 heteroatoms. The summed E-state index contributed by atoms with van der Waals surface area (Å²) in [5.41, 5.74) is 4.89. The van der Waals surface area contributed by atoms with Crippen molar-refractivity contribution in [2.24, 2.45) is 0 Å². The zero-order valence-electron chi connectivity index (χ0n) is 15.7. The van der Waals surface area contributed by atoms with Gasteiger partial charge in [0, 0.05) is 29.7 Å². The smallest absolute Gasteiger partial charge is 0.214 e. The number of nitrogens with zero attached hydrogens (tertiary/aromatic N) is 1. The van der Waals surface area contributed by atoms with Crippen molar-refractivity contribution in [3.8, 4) is 0 Å². The van der Waals surface area contributed by atoms with E-state index in [2.05, 4.69) is 29.2 Å². The lowest BCUT2D eigenvalue weighted by Crippen LogP contribution is -2.41. The van der Waals surface area contributed by atoms with Crippen LogP contribution in [-0.4, -0.2) is 36.5 Å². The van der Waals surface area contributed by atoms with Crippen LogP contribution in [0.3, 0.4) is 0 Å². The van der Waals surface area contributed by atoms with Crippen LogP contribution >= 0.6 is 0 Å². The van der Waals surface area contributed by atoms with Gasteiger partial charge in [-0.15, -0.1) is 0 Å². The molecule has 0 radical (unpaired) electrons. The van der Waals surface area contributed by atoms with E-state index in [-0.39, 0.29) is 11.8 Å². The van der Waals surface area contributed by atoms with E-state index in [1.54, 1.807) is 11.4 Å². The average Bonchev–Trinajstić information content (AvgIpc) is 3.06. The molecule has 0 aliphatic heterocycles. The maximum absolute atomic E-state index is 12.9. The van der Waals surface area contributed by atoms with Crippen molar-refractivity contribution in [2.75, 3.05) is 12.8 Å². The van der Waals surface area contributed by atoms with Gasteiger partial charge in [-0.25, -0.2) is 12.7 Å². The Morgan fingerprint density at radius 1 is 1.07 bits per heavy atom. The Balaban J connectivity index is 1.43. The SMILES string of the molecule is CN(C1CCc2[nH]c3ccccc3c2C1)S(=O)(=O)CCCc1ccccc1. The van der Waals surface area contributed by atoms with Crippen LogP contribution in [-0.2, 0) is 29.3 Å². The number of hydrogen-bond donors (Lipinski definition) is 1. The predicted molar refractivity (Wildman–Crippen MR) is 110 cm³/mol. The van der Waals surface area contributed by atoms with Crippen LogP contribution in [0.5, 0.6) is 0 Å². The summed E-state index contributed by atoms with van der Waals surface area (Å²) in [4.78, 5) is 3.50. The van der Waals surface area contributed by atoms with Gasteiger partial charge in [0.1, 0.15) is 0 Å². The highest BCUT2D eigenvalue weighted by atomic mass is 32.2. The molecular formula is C22H26N2O2S. The molecule has 4 rings (SSSR count). The third kappa shape index (κ3) is 3.80. The Labute approximate surface area is 161 Å². The van der Waals surface area contributed by atoms with Crippen molar-refractivity contribution in [3.63, 3.8) is 0 Å². The van der Waals surface area contributed by atoms with E-state index >= 15 is 0 Å². The Morgan fingerprint density at radius 3 is 2.63 bits per heavy atom. The first kappa shape index (κ1) is 18.3. The first-order chi connectivity index (χ1) is 13.0. The van der Waals surface area contributed by atoms with Crippen molar-refractivity contribution in [3.05, 3.63) is 71.4 Å². The molecule has 0 saturated carbocycles. The molecule has 0 saturated heterocycles. The van der Waals surface area contributed by atoms with Gasteiger partial charge < -0.3 is 4.98 Å². The van der Waals surface area contributed by atoms with Crippen LogP contribution in [0.4, 0.5) is 0 Å². The fourth-order valence-corrected chi connectivity index (χ4v) is 5.57. The predicted octanol–water partition coefficient (Wildman–Crippen LogP) is 3.92. The average molecular weight is 383 g/mol. The second-order valence-corrected chi connectivity index (χ2v) is 9.59. The summed E-state index contributed by atoms with van der Waals surface area (Å²) in [5, 5.41) is 1.23. The third-order valence-electron chi connectivity index (χ3n) is 5.73. The number of benzene rings is 2. The van der Waals surface area contributed by atoms with Gasteiger partial charge in [0.05, 0.1) is 5.75 Å². The van der Waals surface area contributed by atoms with Crippen LogP contribution < -0.4 is 0 Å². The maximum Gasteiger partial charge on any atom is 0.214 e. The number of H-pyrrole nitrogens is 1. The fourth-order valence-electron chi connectivity index (χ4n) is 4.14. The Morgan fingerprint density at radius 2 is 1.81 bits per heavy atom. The minimum Gasteiger partial charge on any atom is -0.358 e. The second kappa shape index (κ2) is 7.49. The Hall–Kier alpha value is -2.11. The van der Waals surface area contributed by atoms with E-state index in [9.17, 15) is 8.42 Å². The van der Waals surface area contributed by atoms with Crippen molar-refractivity contribution in [1.82, 2.24) is 9.29 Å². The molecule has 142 valence electrons. The third-order valence-corrected chi connectivity index (χ3v) is 7.71. The lowest BCUT2D eigenvalue weighted by atomic mass is 9.91. The summed E-state index contributed by atoms with van der Waals surface area (Å²) in [6.07, 6.45) is 4.01. The van der Waals surface area contributed by atoms with Gasteiger partial charge in [-0.2, -0.15) is 0 Å². The highest BCUT2D eigenvalue weighted by Crippen LogP contribution is 2.31. The van der Waals surface area contributed by atoms with E-state index in [1.165, 1.54) is 22.2 Å². The van der Waals surface area contributed by atoms with Gasteiger partial charge in [-0.1, -0.05) is 48.5 Å². The summed E-state index contributed by atoms with van der Waals surface area (Å²) in [5.74, 6) is 0.204. The van der Waals surface area contributed by atoms with Crippen molar-refractivity contribution in [2.45, 2.75) is 38.1 Å². The standard InChI is InChI=1S/C22H26N2O2S/c1-24(27(25,26)15-7-10-17-8-3-2-4-9-17)18-13-14-22-20(16-18)19-11-5-6-12-21(19)23-22/h2-6,8-9,11-12,18,23H,7,10,13-16H2,1H3. The molecule has 1 N–H and O–H groups in total. The molecule has 4 nitrogen and oxygen atoms in total. The number of sulfonamides is 1. The minimum absolute atomic E-state index is 0.0402. The number of para-hydroxylation sites is 1. The number of rotatable bonds is 6. The molecule has 2 aromatic carbocycles. The summed E-state index contributed by atoms with van der Waals surface area (Å²) >= 11 is 0. The first-order valence-corrected chi connectivity index (χ1v) is 11.2. The molecule has 0 amide bonds. The number of aromatic nitrogens is 1. The molecule has 1 aliphatic rings. The Bertz CT molecular complexity index is 1020. The molecule has 0 spiro atoms. The molecule has 1 aliphatic carbocycles. The van der Waals surface area contributed by atoms with Gasteiger partial charge >= 0.3 is 0 Å². The number of aromatic amines is 1. The van der Waals surface area contributed by atoms with E-state index in [1.807, 2.05) is 30.3 Å². The largest absolute Gasteiger partial charge is 0.358 e. The van der Waals surface area contributed by atoms with Crippen LogP contribution in [0.2, 0.25) is 0 Å². The molecule has 27 heavy (non-hydrogen) atoms. The van der Waals surface area contributed by atoms with Gasteiger partial charge in [-0.05, 0) is 49.3 Å². The van der Waals surface area contributed by atoms with Gasteiger partial charge in [0.15, 0.2) is 0 Å². The summed E-state index contributed by atoms with van der Waals surface area (Å²) < 4.78 is 27.3. The summed E-state index contributed by atoms with van der Waals surface area (Å²) in [7, 11) is -1.49. The highest BCUT2D eigenvalue weighted by Gasteiger charge is 2.30. The van der Waals surface area contributed by atoms with Crippen molar-refractivity contribution in [1.29, 1.82) is 0 Å². The number of hydrogen-bond acceptors (Lipinski definition) is 2. The van der Waals surface area contributed by atoms with Gasteiger partial charge in [0.25, 0.3) is 0 Å². The van der Waals surface area contributed by atoms with E-state index in [0.717, 1.165) is 31.2 Å². The monoisotopic (exact) mass is 382 g/mol. The lowest BCUT2D eigenvalue weighted by molar-refractivity contribution is 0.335. The van der Waals surface area contributed by atoms with E-state index in [4.69, 9.17) is 0 Å². The van der Waals surface area contributed by atoms with E-state index in [0.29, 0.717) is 6.42 Å². The molecule has 3 aromatic rings. The quantitative estimate of drug-likeness (QED) is 0.702. The summed E-state index contributed by atoms with van der Waals surface area (Å²) in [6, 6.07) is 18.4.